The zero-order chi connectivity index (χ0) is 14.8. The van der Waals surface area contributed by atoms with E-state index < -0.39 is 30.6 Å². The molecule has 6 heteroatoms. The van der Waals surface area contributed by atoms with Crippen LogP contribution in [0.15, 0.2) is 54.6 Å². The molecule has 0 saturated carbocycles. The summed E-state index contributed by atoms with van der Waals surface area (Å²) >= 11 is 0. The number of rotatable bonds is 3. The molecule has 0 aliphatic heterocycles. The molecule has 0 aliphatic carbocycles. The molecule has 0 aliphatic rings. The average Bonchev–Trinajstić information content (AvgIpc) is 2.46. The van der Waals surface area contributed by atoms with E-state index in [-0.39, 0.29) is 5.30 Å². The summed E-state index contributed by atoms with van der Waals surface area (Å²) in [5, 5.41) is 0.212. The minimum atomic E-state index is -4.65. The molecular formula is C14H9F3O2P+. The molecule has 2 aromatic rings. The third kappa shape index (κ3) is 2.94. The van der Waals surface area contributed by atoms with Crippen LogP contribution in [0, 0.1) is 0 Å². The molecule has 0 heterocycles. The first-order valence-electron chi connectivity index (χ1n) is 5.64. The molecule has 1 atom stereocenters. The zero-order valence-electron chi connectivity index (χ0n) is 10.1. The van der Waals surface area contributed by atoms with Crippen LogP contribution in [0.2, 0.25) is 0 Å². The highest BCUT2D eigenvalue weighted by Crippen LogP contribution is 2.36. The fraction of sp³-hybridized carbons (Fsp3) is 0.0714. The monoisotopic (exact) mass is 297 g/mol. The first-order valence-corrected chi connectivity index (χ1v) is 6.90. The average molecular weight is 297 g/mol. The number of carbonyl (C=O) groups is 1. The molecule has 20 heavy (non-hydrogen) atoms. The van der Waals surface area contributed by atoms with Crippen molar-refractivity contribution in [2.24, 2.45) is 0 Å². The fourth-order valence-electron chi connectivity index (χ4n) is 1.71. The Morgan fingerprint density at radius 2 is 1.45 bits per heavy atom. The van der Waals surface area contributed by atoms with E-state index in [2.05, 4.69) is 0 Å². The number of carbonyl (C=O) groups excluding carboxylic acids is 1. The minimum absolute atomic E-state index is 0.212. The van der Waals surface area contributed by atoms with E-state index in [0.29, 0.717) is 0 Å². The van der Waals surface area contributed by atoms with Gasteiger partial charge in [-0.15, -0.1) is 0 Å². The molecule has 0 amide bonds. The van der Waals surface area contributed by atoms with Gasteiger partial charge >= 0.3 is 19.5 Å². The minimum Gasteiger partial charge on any atom is -0.234 e. The maximum Gasteiger partial charge on any atom is 0.458 e. The molecule has 0 radical (unpaired) electrons. The lowest BCUT2D eigenvalue weighted by Gasteiger charge is -2.08. The van der Waals surface area contributed by atoms with E-state index in [1.165, 1.54) is 24.3 Å². The smallest absolute Gasteiger partial charge is 0.234 e. The van der Waals surface area contributed by atoms with E-state index in [0.717, 1.165) is 12.1 Å². The van der Waals surface area contributed by atoms with Crippen molar-refractivity contribution in [2.75, 3.05) is 0 Å². The highest BCUT2D eigenvalue weighted by Gasteiger charge is 2.41. The van der Waals surface area contributed by atoms with Crippen molar-refractivity contribution in [1.29, 1.82) is 0 Å². The van der Waals surface area contributed by atoms with Crippen molar-refractivity contribution in [3.8, 4) is 0 Å². The van der Waals surface area contributed by atoms with Crippen LogP contribution >= 0.6 is 7.80 Å². The SMILES string of the molecule is O=C(c1ccccc1C(F)(F)F)[P+](=O)c1ccccc1. The predicted octanol–water partition coefficient (Wildman–Crippen LogP) is 4.00. The van der Waals surface area contributed by atoms with E-state index >= 15 is 0 Å². The van der Waals surface area contributed by atoms with Crippen LogP contribution in [0.3, 0.4) is 0 Å². The van der Waals surface area contributed by atoms with Gasteiger partial charge in [-0.3, -0.25) is 0 Å². The second-order valence-electron chi connectivity index (χ2n) is 3.98. The number of hydrogen-bond donors (Lipinski definition) is 0. The Morgan fingerprint density at radius 3 is 2.05 bits per heavy atom. The summed E-state index contributed by atoms with van der Waals surface area (Å²) in [7, 11) is -2.57. The molecule has 2 aromatic carbocycles. The second kappa shape index (κ2) is 5.55. The maximum absolute atomic E-state index is 12.8. The third-order valence-corrected chi connectivity index (χ3v) is 4.02. The lowest BCUT2D eigenvalue weighted by molar-refractivity contribution is -0.137. The van der Waals surface area contributed by atoms with Gasteiger partial charge in [0.05, 0.1) is 11.1 Å². The van der Waals surface area contributed by atoms with Crippen molar-refractivity contribution < 1.29 is 22.5 Å². The largest absolute Gasteiger partial charge is 0.458 e. The Hall–Kier alpha value is -2.00. The molecule has 0 fully saturated rings. The Morgan fingerprint density at radius 1 is 0.900 bits per heavy atom. The van der Waals surface area contributed by atoms with E-state index in [4.69, 9.17) is 0 Å². The Kier molecular flexibility index (Phi) is 4.00. The molecule has 0 N–H and O–H groups in total. The third-order valence-electron chi connectivity index (χ3n) is 2.64. The second-order valence-corrected chi connectivity index (χ2v) is 5.49. The lowest BCUT2D eigenvalue weighted by Crippen LogP contribution is -2.13. The summed E-state index contributed by atoms with van der Waals surface area (Å²) in [5.41, 5.74) is -2.65. The zero-order valence-corrected chi connectivity index (χ0v) is 11.0. The Bertz CT molecular complexity index is 651. The molecule has 0 bridgehead atoms. The van der Waals surface area contributed by atoms with Gasteiger partial charge in [-0.25, -0.2) is 4.79 Å². The van der Waals surface area contributed by atoms with Crippen LogP contribution in [0.25, 0.3) is 0 Å². The summed E-state index contributed by atoms with van der Waals surface area (Å²) in [5.74, 6) is 0. The van der Waals surface area contributed by atoms with Crippen molar-refractivity contribution >= 4 is 18.6 Å². The molecule has 0 saturated heterocycles. The summed E-state index contributed by atoms with van der Waals surface area (Å²) in [6.45, 7) is 0. The van der Waals surface area contributed by atoms with Crippen LogP contribution in [0.4, 0.5) is 13.2 Å². The van der Waals surface area contributed by atoms with Crippen molar-refractivity contribution in [2.45, 2.75) is 6.18 Å². The van der Waals surface area contributed by atoms with Gasteiger partial charge in [0.2, 0.25) is 0 Å². The van der Waals surface area contributed by atoms with E-state index in [1.807, 2.05) is 0 Å². The van der Waals surface area contributed by atoms with Crippen LogP contribution in [0.5, 0.6) is 0 Å². The number of hydrogen-bond acceptors (Lipinski definition) is 2. The molecule has 102 valence electrons. The fourth-order valence-corrected chi connectivity index (χ4v) is 2.80. The summed E-state index contributed by atoms with van der Waals surface area (Å²) in [6, 6.07) is 12.1. The summed E-state index contributed by atoms with van der Waals surface area (Å²) < 4.78 is 50.5. The van der Waals surface area contributed by atoms with Gasteiger partial charge in [-0.05, 0) is 24.3 Å². The first kappa shape index (κ1) is 14.4. The summed E-state index contributed by atoms with van der Waals surface area (Å²) in [4.78, 5) is 12.0. The van der Waals surface area contributed by atoms with Crippen LogP contribution in [-0.2, 0) is 10.7 Å². The highest BCUT2D eigenvalue weighted by atomic mass is 31.1. The maximum atomic E-state index is 12.8. The van der Waals surface area contributed by atoms with Gasteiger partial charge in [0.25, 0.3) is 0 Å². The Labute approximate surface area is 114 Å². The highest BCUT2D eigenvalue weighted by molar-refractivity contribution is 7.71. The molecule has 0 spiro atoms. The summed E-state index contributed by atoms with van der Waals surface area (Å²) in [6.07, 6.45) is -4.65. The number of alkyl halides is 3. The van der Waals surface area contributed by atoms with Gasteiger partial charge < -0.3 is 0 Å². The van der Waals surface area contributed by atoms with Gasteiger partial charge in [0.1, 0.15) is 0 Å². The molecule has 2 rings (SSSR count). The van der Waals surface area contributed by atoms with E-state index in [9.17, 15) is 22.5 Å². The number of halogens is 3. The van der Waals surface area contributed by atoms with Crippen LogP contribution in [0.1, 0.15) is 15.9 Å². The topological polar surface area (TPSA) is 34.1 Å². The van der Waals surface area contributed by atoms with Gasteiger partial charge in [-0.2, -0.15) is 13.2 Å². The van der Waals surface area contributed by atoms with Crippen molar-refractivity contribution in [1.82, 2.24) is 0 Å². The normalized spacial score (nSPS) is 12.1. The quantitative estimate of drug-likeness (QED) is 0.802. The van der Waals surface area contributed by atoms with E-state index in [1.54, 1.807) is 18.2 Å². The standard InChI is InChI=1S/C14H9F3O2P/c15-14(16,17)12-9-5-4-8-11(12)13(18)20(19)10-6-2-1-3-7-10/h1-9H/q+1. The number of benzene rings is 2. The lowest BCUT2D eigenvalue weighted by atomic mass is 10.1. The van der Waals surface area contributed by atoms with Crippen molar-refractivity contribution in [3.05, 3.63) is 65.7 Å². The van der Waals surface area contributed by atoms with Crippen LogP contribution in [-0.4, -0.2) is 5.52 Å². The first-order chi connectivity index (χ1) is 9.41. The van der Waals surface area contributed by atoms with Gasteiger partial charge in [0, 0.05) is 0 Å². The Balaban J connectivity index is 2.43. The van der Waals surface area contributed by atoms with Gasteiger partial charge in [-0.1, -0.05) is 34.9 Å². The predicted molar refractivity (Wildman–Crippen MR) is 69.5 cm³/mol. The van der Waals surface area contributed by atoms with Gasteiger partial charge in [0.15, 0.2) is 5.30 Å². The van der Waals surface area contributed by atoms with Crippen molar-refractivity contribution in [3.63, 3.8) is 0 Å². The van der Waals surface area contributed by atoms with Crippen LogP contribution < -0.4 is 5.30 Å². The molecule has 1 unspecified atom stereocenters. The molecule has 0 aromatic heterocycles. The molecule has 2 nitrogen and oxygen atoms in total. The molecular weight excluding hydrogens is 288 g/mol.